The molecule has 1 aromatic carbocycles. The molecule has 0 fully saturated rings. The Bertz CT molecular complexity index is 336. The van der Waals surface area contributed by atoms with Crippen molar-refractivity contribution in [3.05, 3.63) is 23.8 Å². The van der Waals surface area contributed by atoms with Crippen LogP contribution in [0.2, 0.25) is 0 Å². The van der Waals surface area contributed by atoms with Gasteiger partial charge in [0.1, 0.15) is 0 Å². The van der Waals surface area contributed by atoms with E-state index in [1.54, 1.807) is 13.1 Å². The fraction of sp³-hybridized carbons (Fsp3) is 0.222. The van der Waals surface area contributed by atoms with Crippen LogP contribution in [-0.4, -0.2) is 28.9 Å². The van der Waals surface area contributed by atoms with Gasteiger partial charge in [-0.1, -0.05) is 0 Å². The zero-order valence-electron chi connectivity index (χ0n) is 7.16. The molecule has 0 amide bonds. The van der Waals surface area contributed by atoms with Gasteiger partial charge in [0.25, 0.3) is 0 Å². The monoisotopic (exact) mass is 199 g/mol. The van der Waals surface area contributed by atoms with Crippen LogP contribution in [0.1, 0.15) is 5.56 Å². The lowest BCUT2D eigenvalue weighted by Gasteiger charge is -2.03. The molecule has 70 valence electrons. The normalized spacial score (nSPS) is 11.7. The van der Waals surface area contributed by atoms with Crippen molar-refractivity contribution >= 4 is 17.3 Å². The summed E-state index contributed by atoms with van der Waals surface area (Å²) in [5.74, 6) is -0.0293. The summed E-state index contributed by atoms with van der Waals surface area (Å²) >= 11 is 5.62. The van der Waals surface area contributed by atoms with E-state index in [1.165, 1.54) is 12.1 Å². The topological polar surface area (TPSA) is 52.8 Å². The van der Waals surface area contributed by atoms with Crippen LogP contribution in [0.5, 0.6) is 11.5 Å². The molecule has 0 radical (unpaired) electrons. The summed E-state index contributed by atoms with van der Waals surface area (Å²) < 4.78 is 0. The molecule has 0 heterocycles. The molecule has 0 saturated carbocycles. The minimum atomic E-state index is -0.163. The summed E-state index contributed by atoms with van der Waals surface area (Å²) in [4.78, 5) is 3.94. The van der Waals surface area contributed by atoms with Crippen molar-refractivity contribution in [1.82, 2.24) is 0 Å². The molecule has 0 atom stereocenters. The molecule has 2 N–H and O–H groups in total. The maximum absolute atomic E-state index is 9.19. The number of phenolic OH excluding ortho intramolecular Hbond substituents is 2. The first kappa shape index (κ1) is 9.86. The van der Waals surface area contributed by atoms with E-state index in [9.17, 15) is 5.11 Å². The van der Waals surface area contributed by atoms with Crippen molar-refractivity contribution in [2.45, 2.75) is 0 Å². The highest BCUT2D eigenvalue weighted by molar-refractivity contribution is 6.31. The van der Waals surface area contributed by atoms with Gasteiger partial charge in [-0.2, -0.15) is 0 Å². The minimum absolute atomic E-state index is 0.145. The van der Waals surface area contributed by atoms with Crippen molar-refractivity contribution < 1.29 is 10.2 Å². The number of halogens is 1. The van der Waals surface area contributed by atoms with E-state index in [4.69, 9.17) is 16.7 Å². The number of alkyl halides is 1. The van der Waals surface area contributed by atoms with Crippen LogP contribution in [0.3, 0.4) is 0 Å². The van der Waals surface area contributed by atoms with E-state index in [0.717, 1.165) is 0 Å². The summed E-state index contributed by atoms with van der Waals surface area (Å²) in [5.41, 5.74) is 1.39. The Morgan fingerprint density at radius 3 is 2.54 bits per heavy atom. The number of benzene rings is 1. The van der Waals surface area contributed by atoms with Crippen LogP contribution in [0.15, 0.2) is 23.2 Å². The van der Waals surface area contributed by atoms with Crippen LogP contribution in [0.4, 0.5) is 0 Å². The minimum Gasteiger partial charge on any atom is -0.504 e. The molecule has 0 aromatic heterocycles. The Morgan fingerprint density at radius 2 is 2.08 bits per heavy atom. The van der Waals surface area contributed by atoms with Gasteiger partial charge in [0.15, 0.2) is 11.5 Å². The zero-order chi connectivity index (χ0) is 9.84. The molecule has 13 heavy (non-hydrogen) atoms. The van der Waals surface area contributed by atoms with Crippen LogP contribution < -0.4 is 0 Å². The Hall–Kier alpha value is -1.22. The fourth-order valence-electron chi connectivity index (χ4n) is 0.969. The smallest absolute Gasteiger partial charge is 0.158 e. The first-order chi connectivity index (χ1) is 6.19. The lowest BCUT2D eigenvalue weighted by Crippen LogP contribution is -2.01. The Kier molecular flexibility index (Phi) is 3.14. The molecule has 0 spiro atoms. The SMILES string of the molecule is CN=C(CCl)c1ccc(O)c(O)c1. The molecule has 0 aliphatic carbocycles. The molecule has 0 aliphatic rings. The molecule has 3 nitrogen and oxygen atoms in total. The first-order valence-electron chi connectivity index (χ1n) is 3.73. The number of hydrogen-bond donors (Lipinski definition) is 2. The van der Waals surface area contributed by atoms with Gasteiger partial charge in [-0.3, -0.25) is 4.99 Å². The molecular weight excluding hydrogens is 190 g/mol. The lowest BCUT2D eigenvalue weighted by atomic mass is 10.1. The maximum atomic E-state index is 9.19. The Morgan fingerprint density at radius 1 is 1.38 bits per heavy atom. The summed E-state index contributed by atoms with van der Waals surface area (Å²) in [7, 11) is 1.63. The predicted octanol–water partition coefficient (Wildman–Crippen LogP) is 1.76. The number of nitrogens with zero attached hydrogens (tertiary/aromatic N) is 1. The fourth-order valence-corrected chi connectivity index (χ4v) is 1.24. The Balaban J connectivity index is 3.10. The van der Waals surface area contributed by atoms with Crippen LogP contribution in [0, 0.1) is 0 Å². The van der Waals surface area contributed by atoms with Gasteiger partial charge in [-0.25, -0.2) is 0 Å². The Labute approximate surface area is 81.3 Å². The van der Waals surface area contributed by atoms with E-state index in [2.05, 4.69) is 4.99 Å². The second kappa shape index (κ2) is 4.14. The van der Waals surface area contributed by atoms with Crippen molar-refractivity contribution in [2.24, 2.45) is 4.99 Å². The van der Waals surface area contributed by atoms with Gasteiger partial charge in [-0.15, -0.1) is 11.6 Å². The van der Waals surface area contributed by atoms with Crippen molar-refractivity contribution in [3.63, 3.8) is 0 Å². The third-order valence-electron chi connectivity index (χ3n) is 1.71. The first-order valence-corrected chi connectivity index (χ1v) is 4.26. The average Bonchev–Trinajstić information content (AvgIpc) is 2.13. The second-order valence-corrected chi connectivity index (χ2v) is 2.77. The van der Waals surface area contributed by atoms with Gasteiger partial charge >= 0.3 is 0 Å². The van der Waals surface area contributed by atoms with E-state index >= 15 is 0 Å². The zero-order valence-corrected chi connectivity index (χ0v) is 7.91. The number of hydrogen-bond acceptors (Lipinski definition) is 3. The van der Waals surface area contributed by atoms with Gasteiger partial charge in [0.2, 0.25) is 0 Å². The van der Waals surface area contributed by atoms with Gasteiger partial charge in [-0.05, 0) is 18.2 Å². The molecular formula is C9H10ClNO2. The third-order valence-corrected chi connectivity index (χ3v) is 1.96. The second-order valence-electron chi connectivity index (χ2n) is 2.51. The third kappa shape index (κ3) is 2.12. The number of phenols is 2. The number of aromatic hydroxyl groups is 2. The van der Waals surface area contributed by atoms with Gasteiger partial charge < -0.3 is 10.2 Å². The average molecular weight is 200 g/mol. The van der Waals surface area contributed by atoms with E-state index in [0.29, 0.717) is 11.3 Å². The molecule has 0 unspecified atom stereocenters. The van der Waals surface area contributed by atoms with Crippen LogP contribution in [0.25, 0.3) is 0 Å². The standard InChI is InChI=1S/C9H10ClNO2/c1-11-7(5-10)6-2-3-8(12)9(13)4-6/h2-4,12-13H,5H2,1H3. The van der Waals surface area contributed by atoms with Gasteiger partial charge in [0, 0.05) is 12.6 Å². The summed E-state index contributed by atoms with van der Waals surface area (Å²) in [6, 6.07) is 4.49. The molecule has 1 aromatic rings. The molecule has 4 heteroatoms. The summed E-state index contributed by atoms with van der Waals surface area (Å²) in [6.45, 7) is 0. The number of aliphatic imine (C=N–C) groups is 1. The summed E-state index contributed by atoms with van der Waals surface area (Å²) in [5, 5.41) is 18.2. The van der Waals surface area contributed by atoms with Gasteiger partial charge in [0.05, 0.1) is 11.6 Å². The predicted molar refractivity (Wildman–Crippen MR) is 53.0 cm³/mol. The highest BCUT2D eigenvalue weighted by Crippen LogP contribution is 2.25. The van der Waals surface area contributed by atoms with Crippen LogP contribution in [-0.2, 0) is 0 Å². The summed E-state index contributed by atoms with van der Waals surface area (Å²) in [6.07, 6.45) is 0. The van der Waals surface area contributed by atoms with E-state index < -0.39 is 0 Å². The lowest BCUT2D eigenvalue weighted by molar-refractivity contribution is 0.403. The van der Waals surface area contributed by atoms with Crippen LogP contribution >= 0.6 is 11.6 Å². The molecule has 0 saturated heterocycles. The number of rotatable bonds is 2. The van der Waals surface area contributed by atoms with Crippen molar-refractivity contribution in [3.8, 4) is 11.5 Å². The molecule has 0 aliphatic heterocycles. The van der Waals surface area contributed by atoms with Crippen molar-refractivity contribution in [1.29, 1.82) is 0 Å². The molecule has 1 rings (SSSR count). The largest absolute Gasteiger partial charge is 0.504 e. The highest BCUT2D eigenvalue weighted by atomic mass is 35.5. The van der Waals surface area contributed by atoms with E-state index in [-0.39, 0.29) is 17.4 Å². The quantitative estimate of drug-likeness (QED) is 0.433. The maximum Gasteiger partial charge on any atom is 0.158 e. The highest BCUT2D eigenvalue weighted by Gasteiger charge is 2.04. The molecule has 0 bridgehead atoms. The van der Waals surface area contributed by atoms with E-state index in [1.807, 2.05) is 0 Å². The van der Waals surface area contributed by atoms with Crippen molar-refractivity contribution in [2.75, 3.05) is 12.9 Å².